The first-order valence-electron chi connectivity index (χ1n) is 11.3. The molecule has 0 aliphatic carbocycles. The van der Waals surface area contributed by atoms with Gasteiger partial charge in [0.15, 0.2) is 0 Å². The highest BCUT2D eigenvalue weighted by Gasteiger charge is 2.67. The van der Waals surface area contributed by atoms with Crippen molar-refractivity contribution in [3.8, 4) is 0 Å². The van der Waals surface area contributed by atoms with Crippen molar-refractivity contribution in [2.24, 2.45) is 17.8 Å². The van der Waals surface area contributed by atoms with Gasteiger partial charge in [-0.2, -0.15) is 0 Å². The van der Waals surface area contributed by atoms with Crippen LogP contribution in [-0.4, -0.2) is 96.7 Å². The molecule has 4 atom stereocenters. The lowest BCUT2D eigenvalue weighted by molar-refractivity contribution is -0.150. The number of carbonyl (C=O) groups is 2. The number of carbonyl (C=O) groups excluding carboxylic acids is 2. The minimum Gasteiger partial charge on any atom is -0.379 e. The maximum Gasteiger partial charge on any atom is 0.230 e. The van der Waals surface area contributed by atoms with Crippen molar-refractivity contribution in [2.45, 2.75) is 44.4 Å². The van der Waals surface area contributed by atoms with Crippen molar-refractivity contribution in [2.75, 3.05) is 52.5 Å². The first-order chi connectivity index (χ1) is 14.1. The Bertz CT molecular complexity index is 696. The molecule has 2 unspecified atom stereocenters. The number of fused-ring (bicyclic) bond motifs is 1. The van der Waals surface area contributed by atoms with Crippen LogP contribution in [0.2, 0.25) is 0 Å². The molecule has 4 fully saturated rings. The van der Waals surface area contributed by atoms with Crippen LogP contribution < -0.4 is 0 Å². The van der Waals surface area contributed by atoms with Crippen LogP contribution >= 0.6 is 0 Å². The topological polar surface area (TPSA) is 62.3 Å². The van der Waals surface area contributed by atoms with Gasteiger partial charge in [-0.25, -0.2) is 0 Å². The van der Waals surface area contributed by atoms with E-state index >= 15 is 0 Å². The molecule has 0 saturated carbocycles. The molecule has 5 aliphatic rings. The van der Waals surface area contributed by atoms with Gasteiger partial charge in [0.1, 0.15) is 5.60 Å². The summed E-state index contributed by atoms with van der Waals surface area (Å²) in [5.74, 6) is 0.0293. The first kappa shape index (κ1) is 19.5. The molecule has 0 aromatic carbocycles. The van der Waals surface area contributed by atoms with E-state index < -0.39 is 5.60 Å². The summed E-state index contributed by atoms with van der Waals surface area (Å²) in [4.78, 5) is 33.0. The number of morpholine rings is 1. The summed E-state index contributed by atoms with van der Waals surface area (Å²) >= 11 is 0. The highest BCUT2D eigenvalue weighted by Crippen LogP contribution is 2.52. The van der Waals surface area contributed by atoms with Crippen LogP contribution in [0.5, 0.6) is 0 Å². The minimum absolute atomic E-state index is 0.105. The minimum atomic E-state index is -0.581. The molecular weight excluding hydrogens is 370 g/mol. The van der Waals surface area contributed by atoms with E-state index in [2.05, 4.69) is 24.8 Å². The first-order valence-corrected chi connectivity index (χ1v) is 11.3. The lowest BCUT2D eigenvalue weighted by atomic mass is 9.76. The zero-order chi connectivity index (χ0) is 20.2. The maximum absolute atomic E-state index is 13.4. The molecule has 29 heavy (non-hydrogen) atoms. The van der Waals surface area contributed by atoms with E-state index in [9.17, 15) is 9.59 Å². The molecule has 7 heteroatoms. The van der Waals surface area contributed by atoms with Crippen molar-refractivity contribution in [1.29, 1.82) is 0 Å². The van der Waals surface area contributed by atoms with Gasteiger partial charge >= 0.3 is 0 Å². The fourth-order valence-electron chi connectivity index (χ4n) is 5.89. The van der Waals surface area contributed by atoms with Gasteiger partial charge in [-0.05, 0) is 5.92 Å². The van der Waals surface area contributed by atoms with Crippen LogP contribution in [0, 0.1) is 17.8 Å². The Balaban J connectivity index is 1.26. The van der Waals surface area contributed by atoms with Gasteiger partial charge in [-0.3, -0.25) is 14.5 Å². The van der Waals surface area contributed by atoms with Crippen LogP contribution in [0.1, 0.15) is 26.7 Å². The van der Waals surface area contributed by atoms with E-state index in [1.807, 2.05) is 15.9 Å². The van der Waals surface area contributed by atoms with Crippen LogP contribution in [0.25, 0.3) is 0 Å². The molecular formula is C22H33N3O4. The van der Waals surface area contributed by atoms with Crippen molar-refractivity contribution in [3.63, 3.8) is 0 Å². The van der Waals surface area contributed by atoms with E-state index in [0.29, 0.717) is 18.5 Å². The summed E-state index contributed by atoms with van der Waals surface area (Å²) in [7, 11) is 0. The monoisotopic (exact) mass is 403 g/mol. The van der Waals surface area contributed by atoms with Crippen molar-refractivity contribution < 1.29 is 19.1 Å². The number of hydrogen-bond acceptors (Lipinski definition) is 5. The SMILES string of the molecule is CCC(CC)CN1C[C@@]23C=C[C@@H](O2)C(C(=O)N2CC(N4CCOCC4)C2)C3C1=O. The normalized spacial score (nSPS) is 36.9. The number of rotatable bonds is 6. The van der Waals surface area contributed by atoms with Crippen molar-refractivity contribution in [3.05, 3.63) is 12.2 Å². The van der Waals surface area contributed by atoms with Crippen molar-refractivity contribution >= 4 is 11.8 Å². The zero-order valence-corrected chi connectivity index (χ0v) is 17.6. The maximum atomic E-state index is 13.4. The Hall–Kier alpha value is -1.44. The molecule has 0 aromatic heterocycles. The summed E-state index contributed by atoms with van der Waals surface area (Å²) in [5, 5.41) is 0. The number of likely N-dealkylation sites (tertiary alicyclic amines) is 2. The molecule has 160 valence electrons. The summed E-state index contributed by atoms with van der Waals surface area (Å²) in [6.45, 7) is 10.7. The lowest BCUT2D eigenvalue weighted by Gasteiger charge is -2.47. The number of nitrogens with zero attached hydrogens (tertiary/aromatic N) is 3. The lowest BCUT2D eigenvalue weighted by Crippen LogP contribution is -2.64. The second-order valence-electron chi connectivity index (χ2n) is 9.35. The number of amides is 2. The third kappa shape index (κ3) is 3.04. The van der Waals surface area contributed by atoms with Crippen LogP contribution in [0.15, 0.2) is 12.2 Å². The summed E-state index contributed by atoms with van der Waals surface area (Å²) in [6, 6.07) is 0.428. The molecule has 5 aliphatic heterocycles. The molecule has 2 amide bonds. The second kappa shape index (κ2) is 7.36. The van der Waals surface area contributed by atoms with E-state index in [1.165, 1.54) is 0 Å². The molecule has 0 aromatic rings. The van der Waals surface area contributed by atoms with Crippen molar-refractivity contribution in [1.82, 2.24) is 14.7 Å². The molecule has 4 saturated heterocycles. The average Bonchev–Trinajstić information content (AvgIpc) is 3.34. The van der Waals surface area contributed by atoms with Gasteiger partial charge in [-0.15, -0.1) is 0 Å². The fraction of sp³-hybridized carbons (Fsp3) is 0.818. The molecule has 5 heterocycles. The van der Waals surface area contributed by atoms with Crippen LogP contribution in [-0.2, 0) is 19.1 Å². The van der Waals surface area contributed by atoms with Gasteiger partial charge in [0.25, 0.3) is 0 Å². The van der Waals surface area contributed by atoms with Gasteiger partial charge in [0.05, 0.1) is 37.7 Å². The predicted molar refractivity (Wildman–Crippen MR) is 107 cm³/mol. The Morgan fingerprint density at radius 1 is 1.24 bits per heavy atom. The standard InChI is InChI=1S/C22H33N3O4/c1-3-15(4-2)11-25-14-22-6-5-17(29-22)18(19(22)21(25)27)20(26)24-12-16(13-24)23-7-9-28-10-8-23/h5-6,15-19H,3-4,7-14H2,1-2H3/t17-,18?,19?,22-/m1/s1. The zero-order valence-electron chi connectivity index (χ0n) is 17.6. The smallest absolute Gasteiger partial charge is 0.230 e. The van der Waals surface area contributed by atoms with E-state index in [-0.39, 0.29) is 29.8 Å². The summed E-state index contributed by atoms with van der Waals surface area (Å²) < 4.78 is 11.7. The molecule has 0 radical (unpaired) electrons. The largest absolute Gasteiger partial charge is 0.379 e. The molecule has 7 nitrogen and oxygen atoms in total. The second-order valence-corrected chi connectivity index (χ2v) is 9.35. The Morgan fingerprint density at radius 2 is 1.97 bits per heavy atom. The van der Waals surface area contributed by atoms with E-state index in [1.54, 1.807) is 0 Å². The Morgan fingerprint density at radius 3 is 2.66 bits per heavy atom. The van der Waals surface area contributed by atoms with E-state index in [4.69, 9.17) is 9.47 Å². The highest BCUT2D eigenvalue weighted by molar-refractivity contribution is 5.93. The summed E-state index contributed by atoms with van der Waals surface area (Å²) in [5.41, 5.74) is -0.581. The summed E-state index contributed by atoms with van der Waals surface area (Å²) in [6.07, 6.45) is 5.97. The quantitative estimate of drug-likeness (QED) is 0.613. The molecule has 5 rings (SSSR count). The van der Waals surface area contributed by atoms with Crippen LogP contribution in [0.4, 0.5) is 0 Å². The highest BCUT2D eigenvalue weighted by atomic mass is 16.5. The van der Waals surface area contributed by atoms with Gasteiger partial charge < -0.3 is 19.3 Å². The third-order valence-electron chi connectivity index (χ3n) is 7.83. The van der Waals surface area contributed by atoms with Gasteiger partial charge in [0, 0.05) is 38.8 Å². The average molecular weight is 404 g/mol. The number of hydrogen-bond donors (Lipinski definition) is 0. The molecule has 2 bridgehead atoms. The number of ether oxygens (including phenoxy) is 2. The third-order valence-corrected chi connectivity index (χ3v) is 7.83. The molecule has 0 N–H and O–H groups in total. The molecule has 1 spiro atoms. The Kier molecular flexibility index (Phi) is 4.95. The van der Waals surface area contributed by atoms with Gasteiger partial charge in [-0.1, -0.05) is 38.8 Å². The van der Waals surface area contributed by atoms with Gasteiger partial charge in [0.2, 0.25) is 11.8 Å². The predicted octanol–water partition coefficient (Wildman–Crippen LogP) is 0.748. The Labute approximate surface area is 173 Å². The van der Waals surface area contributed by atoms with Crippen LogP contribution in [0.3, 0.4) is 0 Å². The fourth-order valence-corrected chi connectivity index (χ4v) is 5.89. The van der Waals surface area contributed by atoms with E-state index in [0.717, 1.165) is 58.8 Å².